The van der Waals surface area contributed by atoms with Gasteiger partial charge in [0.25, 0.3) is 0 Å². The van der Waals surface area contributed by atoms with Gasteiger partial charge in [-0.15, -0.1) is 0 Å². The van der Waals surface area contributed by atoms with E-state index in [1.807, 2.05) is 0 Å². The molecule has 0 spiro atoms. The Kier molecular flexibility index (Phi) is 4.11. The van der Waals surface area contributed by atoms with Crippen LogP contribution in [0.2, 0.25) is 0 Å². The molecule has 0 unspecified atom stereocenters. The predicted octanol–water partition coefficient (Wildman–Crippen LogP) is 2.63. The molecule has 0 fully saturated rings. The summed E-state index contributed by atoms with van der Waals surface area (Å²) < 4.78 is 5.50. The van der Waals surface area contributed by atoms with Crippen LogP contribution in [0.25, 0.3) is 0 Å². The molecule has 1 aromatic carbocycles. The van der Waals surface area contributed by atoms with E-state index in [9.17, 15) is 9.59 Å². The van der Waals surface area contributed by atoms with Crippen LogP contribution in [0.1, 0.15) is 34.6 Å². The van der Waals surface area contributed by atoms with Gasteiger partial charge in [-0.2, -0.15) is 0 Å². The average Bonchev–Trinajstić information content (AvgIpc) is 2.19. The molecule has 0 heterocycles. The van der Waals surface area contributed by atoms with Crippen LogP contribution in [-0.4, -0.2) is 28.3 Å². The van der Waals surface area contributed by atoms with Crippen LogP contribution in [0.15, 0.2) is 16.6 Å². The summed E-state index contributed by atoms with van der Waals surface area (Å²) in [5.74, 6) is -2.30. The van der Waals surface area contributed by atoms with Gasteiger partial charge in [-0.3, -0.25) is 0 Å². The Morgan fingerprint density at radius 3 is 2.24 bits per heavy atom. The van der Waals surface area contributed by atoms with Gasteiger partial charge in [0.15, 0.2) is 0 Å². The first-order valence-electron chi connectivity index (χ1n) is 4.80. The fraction of sp³-hybridized carbons (Fsp3) is 0.273. The third kappa shape index (κ3) is 2.97. The quantitative estimate of drug-likeness (QED) is 0.893. The summed E-state index contributed by atoms with van der Waals surface area (Å²) in [6.45, 7) is 3.58. The van der Waals surface area contributed by atoms with E-state index in [1.54, 1.807) is 13.8 Å². The van der Waals surface area contributed by atoms with Gasteiger partial charge in [0.2, 0.25) is 0 Å². The smallest absolute Gasteiger partial charge is 0.337 e. The molecule has 0 aliphatic heterocycles. The molecule has 2 N–H and O–H groups in total. The van der Waals surface area contributed by atoms with Gasteiger partial charge < -0.3 is 14.9 Å². The zero-order valence-corrected chi connectivity index (χ0v) is 10.8. The molecule has 1 rings (SSSR count). The second-order valence-corrected chi connectivity index (χ2v) is 4.37. The number of rotatable bonds is 4. The van der Waals surface area contributed by atoms with Crippen LogP contribution in [0, 0.1) is 0 Å². The number of hydrogen-bond acceptors (Lipinski definition) is 3. The van der Waals surface area contributed by atoms with Gasteiger partial charge in [0, 0.05) is 0 Å². The fourth-order valence-corrected chi connectivity index (χ4v) is 1.90. The highest BCUT2D eigenvalue weighted by Gasteiger charge is 2.22. The van der Waals surface area contributed by atoms with Crippen LogP contribution in [0.4, 0.5) is 0 Å². The lowest BCUT2D eigenvalue weighted by molar-refractivity contribution is 0.0650. The van der Waals surface area contributed by atoms with E-state index in [0.29, 0.717) is 5.75 Å². The summed E-state index contributed by atoms with van der Waals surface area (Å²) in [4.78, 5) is 21.9. The lowest BCUT2D eigenvalue weighted by Crippen LogP contribution is -2.12. The number of carboxylic acids is 2. The lowest BCUT2D eigenvalue weighted by Gasteiger charge is -2.14. The van der Waals surface area contributed by atoms with E-state index < -0.39 is 11.9 Å². The van der Waals surface area contributed by atoms with Crippen molar-refractivity contribution in [2.45, 2.75) is 20.0 Å². The number of benzene rings is 1. The Balaban J connectivity index is 3.38. The third-order valence-electron chi connectivity index (χ3n) is 1.91. The van der Waals surface area contributed by atoms with E-state index in [4.69, 9.17) is 14.9 Å². The molecule has 0 aliphatic carbocycles. The molecule has 1 aromatic rings. The van der Waals surface area contributed by atoms with E-state index in [-0.39, 0.29) is 21.7 Å². The molecule has 92 valence electrons. The first kappa shape index (κ1) is 13.5. The molecule has 0 aliphatic rings. The molecule has 6 heteroatoms. The van der Waals surface area contributed by atoms with Crippen molar-refractivity contribution in [2.75, 3.05) is 0 Å². The maximum absolute atomic E-state index is 11.0. The lowest BCUT2D eigenvalue weighted by atomic mass is 10.1. The number of hydrogen-bond donors (Lipinski definition) is 2. The molecular weight excluding hydrogens is 292 g/mol. The molecular formula is C11H11BrO5. The van der Waals surface area contributed by atoms with Crippen molar-refractivity contribution in [2.24, 2.45) is 0 Å². The van der Waals surface area contributed by atoms with E-state index in [0.717, 1.165) is 0 Å². The Hall–Kier alpha value is -1.56. The number of aromatic carboxylic acids is 2. The summed E-state index contributed by atoms with van der Waals surface area (Å²) in [5.41, 5.74) is -0.587. The van der Waals surface area contributed by atoms with Crippen molar-refractivity contribution in [1.82, 2.24) is 0 Å². The Morgan fingerprint density at radius 2 is 1.82 bits per heavy atom. The highest BCUT2D eigenvalue weighted by Crippen LogP contribution is 2.32. The number of carbonyl (C=O) groups is 2. The van der Waals surface area contributed by atoms with Gasteiger partial charge in [-0.1, -0.05) is 0 Å². The Morgan fingerprint density at radius 1 is 1.24 bits per heavy atom. The van der Waals surface area contributed by atoms with Gasteiger partial charge in [-0.05, 0) is 41.9 Å². The zero-order chi connectivity index (χ0) is 13.2. The van der Waals surface area contributed by atoms with Crippen molar-refractivity contribution >= 4 is 27.9 Å². The van der Waals surface area contributed by atoms with Gasteiger partial charge in [0.05, 0.1) is 21.7 Å². The molecule has 5 nitrogen and oxygen atoms in total. The van der Waals surface area contributed by atoms with Gasteiger partial charge >= 0.3 is 11.9 Å². The maximum Gasteiger partial charge on any atom is 0.337 e. The van der Waals surface area contributed by atoms with Gasteiger partial charge in [0.1, 0.15) is 5.75 Å². The molecule has 0 amide bonds. The van der Waals surface area contributed by atoms with Crippen molar-refractivity contribution < 1.29 is 24.5 Å². The van der Waals surface area contributed by atoms with Crippen LogP contribution in [0.3, 0.4) is 0 Å². The van der Waals surface area contributed by atoms with E-state index in [1.165, 1.54) is 12.1 Å². The summed E-state index contributed by atoms with van der Waals surface area (Å²) in [6.07, 6.45) is -0.136. The second kappa shape index (κ2) is 5.18. The molecule has 0 aromatic heterocycles. The minimum absolute atomic E-state index is 0.136. The molecule has 0 saturated heterocycles. The molecule has 0 radical (unpaired) electrons. The molecule has 17 heavy (non-hydrogen) atoms. The van der Waals surface area contributed by atoms with Crippen molar-refractivity contribution in [3.05, 3.63) is 27.7 Å². The maximum atomic E-state index is 11.0. The topological polar surface area (TPSA) is 83.8 Å². The predicted molar refractivity (Wildman–Crippen MR) is 63.8 cm³/mol. The summed E-state index contributed by atoms with van der Waals surface area (Å²) >= 11 is 3.06. The third-order valence-corrected chi connectivity index (χ3v) is 2.70. The minimum Gasteiger partial charge on any atom is -0.490 e. The van der Waals surface area contributed by atoms with Gasteiger partial charge in [-0.25, -0.2) is 9.59 Å². The van der Waals surface area contributed by atoms with Crippen molar-refractivity contribution in [3.63, 3.8) is 0 Å². The van der Waals surface area contributed by atoms with Crippen LogP contribution in [-0.2, 0) is 0 Å². The average molecular weight is 303 g/mol. The van der Waals surface area contributed by atoms with Crippen LogP contribution >= 0.6 is 15.9 Å². The SMILES string of the molecule is CC(C)Oc1ccc(C(=O)O)c(C(=O)O)c1Br. The first-order valence-corrected chi connectivity index (χ1v) is 5.59. The van der Waals surface area contributed by atoms with Crippen LogP contribution < -0.4 is 4.74 Å². The Bertz CT molecular complexity index is 467. The fourth-order valence-electron chi connectivity index (χ4n) is 1.29. The van der Waals surface area contributed by atoms with Crippen molar-refractivity contribution in [3.8, 4) is 5.75 Å². The first-order chi connectivity index (χ1) is 7.84. The molecule has 0 atom stereocenters. The van der Waals surface area contributed by atoms with Crippen LogP contribution in [0.5, 0.6) is 5.75 Å². The van der Waals surface area contributed by atoms with E-state index in [2.05, 4.69) is 15.9 Å². The largest absolute Gasteiger partial charge is 0.490 e. The molecule has 0 saturated carbocycles. The highest BCUT2D eigenvalue weighted by molar-refractivity contribution is 9.10. The zero-order valence-electron chi connectivity index (χ0n) is 9.23. The number of carboxylic acid groups (broad SMARTS) is 2. The number of halogens is 1. The summed E-state index contributed by atoms with van der Waals surface area (Å²) in [6, 6.07) is 2.65. The summed E-state index contributed by atoms with van der Waals surface area (Å²) in [7, 11) is 0. The number of ether oxygens (including phenoxy) is 1. The standard InChI is InChI=1S/C11H11BrO5/c1-5(2)17-7-4-3-6(10(13)14)8(9(7)12)11(15)16/h3-5H,1-2H3,(H,13,14)(H,15,16). The normalized spacial score (nSPS) is 10.4. The van der Waals surface area contributed by atoms with Crippen molar-refractivity contribution in [1.29, 1.82) is 0 Å². The van der Waals surface area contributed by atoms with E-state index >= 15 is 0 Å². The summed E-state index contributed by atoms with van der Waals surface area (Å²) in [5, 5.41) is 17.9. The minimum atomic E-state index is -1.32. The molecule has 0 bridgehead atoms. The Labute approximate surface area is 106 Å². The second-order valence-electron chi connectivity index (χ2n) is 3.58. The monoisotopic (exact) mass is 302 g/mol. The highest BCUT2D eigenvalue weighted by atomic mass is 79.9.